The summed E-state index contributed by atoms with van der Waals surface area (Å²) in [5, 5.41) is 3.48. The number of hydrogen-bond donors (Lipinski definition) is 2. The Morgan fingerprint density at radius 3 is 2.60 bits per heavy atom. The summed E-state index contributed by atoms with van der Waals surface area (Å²) in [6, 6.07) is 3.96. The number of morpholine rings is 1. The van der Waals surface area contributed by atoms with Gasteiger partial charge in [-0.1, -0.05) is 11.6 Å². The summed E-state index contributed by atoms with van der Waals surface area (Å²) in [5.41, 5.74) is 6.61. The molecule has 25 heavy (non-hydrogen) atoms. The van der Waals surface area contributed by atoms with Gasteiger partial charge in [0.2, 0.25) is 0 Å². The number of nitrogens with one attached hydrogen (secondary N) is 1. The summed E-state index contributed by atoms with van der Waals surface area (Å²) < 4.78 is 10.7. The Morgan fingerprint density at radius 1 is 1.28 bits per heavy atom. The van der Waals surface area contributed by atoms with Crippen LogP contribution in [0.3, 0.4) is 0 Å². The van der Waals surface area contributed by atoms with Crippen molar-refractivity contribution < 1.29 is 14.3 Å². The van der Waals surface area contributed by atoms with Gasteiger partial charge < -0.3 is 20.5 Å². The Morgan fingerprint density at radius 2 is 1.96 bits per heavy atom. The number of rotatable bonds is 4. The van der Waals surface area contributed by atoms with Gasteiger partial charge in [-0.15, -0.1) is 0 Å². The van der Waals surface area contributed by atoms with Gasteiger partial charge in [0.05, 0.1) is 36.6 Å². The second kappa shape index (κ2) is 8.25. The number of nitrogens with zero attached hydrogens (tertiary/aromatic N) is 1. The predicted octanol–water partition coefficient (Wildman–Crippen LogP) is 2.30. The third kappa shape index (κ3) is 4.37. The number of ether oxygens (including phenoxy) is 2. The summed E-state index contributed by atoms with van der Waals surface area (Å²) in [4.78, 5) is 15.1. The fraction of sp³-hybridized carbons (Fsp3) is 0.611. The number of nitrogens with two attached hydrogens (primary N) is 1. The molecule has 1 heterocycles. The zero-order chi connectivity index (χ0) is 17.8. The van der Waals surface area contributed by atoms with Crippen molar-refractivity contribution in [3.05, 3.63) is 22.7 Å². The van der Waals surface area contributed by atoms with Crippen LogP contribution >= 0.6 is 11.6 Å². The third-order valence-corrected chi connectivity index (χ3v) is 5.48. The molecule has 1 amide bonds. The topological polar surface area (TPSA) is 76.8 Å². The Labute approximate surface area is 153 Å². The van der Waals surface area contributed by atoms with Gasteiger partial charge in [0, 0.05) is 31.2 Å². The molecule has 1 saturated carbocycles. The van der Waals surface area contributed by atoms with Crippen molar-refractivity contribution in [1.29, 1.82) is 0 Å². The lowest BCUT2D eigenvalue weighted by molar-refractivity contribution is 0.00664. The molecule has 1 aromatic carbocycles. The van der Waals surface area contributed by atoms with E-state index in [2.05, 4.69) is 10.2 Å². The molecule has 2 aliphatic rings. The Bertz CT molecular complexity index is 612. The Hall–Kier alpha value is -1.50. The normalized spacial score (nSPS) is 24.7. The zero-order valence-corrected chi connectivity index (χ0v) is 15.3. The van der Waals surface area contributed by atoms with E-state index in [1.165, 1.54) is 7.11 Å². The van der Waals surface area contributed by atoms with Crippen molar-refractivity contribution in [3.8, 4) is 5.75 Å². The third-order valence-electron chi connectivity index (χ3n) is 5.16. The van der Waals surface area contributed by atoms with E-state index in [-0.39, 0.29) is 11.9 Å². The Balaban J connectivity index is 1.57. The average Bonchev–Trinajstić information content (AvgIpc) is 2.65. The lowest BCUT2D eigenvalue weighted by Crippen LogP contribution is -2.47. The van der Waals surface area contributed by atoms with Crippen molar-refractivity contribution in [2.24, 2.45) is 0 Å². The molecule has 1 saturated heterocycles. The lowest BCUT2D eigenvalue weighted by atomic mass is 9.89. The van der Waals surface area contributed by atoms with E-state index < -0.39 is 0 Å². The molecular weight excluding hydrogens is 342 g/mol. The van der Waals surface area contributed by atoms with E-state index in [1.807, 2.05) is 0 Å². The van der Waals surface area contributed by atoms with Gasteiger partial charge in [0.25, 0.3) is 5.91 Å². The number of hydrogen-bond acceptors (Lipinski definition) is 5. The van der Waals surface area contributed by atoms with Crippen molar-refractivity contribution in [3.63, 3.8) is 0 Å². The van der Waals surface area contributed by atoms with Crippen LogP contribution in [0.5, 0.6) is 5.75 Å². The molecule has 1 aliphatic carbocycles. The van der Waals surface area contributed by atoms with Crippen molar-refractivity contribution in [2.45, 2.75) is 37.8 Å². The standard InChI is InChI=1S/C18H26ClN3O3/c1-24-17-11-16(20)15(19)10-14(17)18(23)21-12-2-4-13(5-3-12)22-6-8-25-9-7-22/h10-13H,2-9,20H2,1H3,(H,21,23)/t12-,13-. The van der Waals surface area contributed by atoms with Crippen LogP contribution in [0.1, 0.15) is 36.0 Å². The summed E-state index contributed by atoms with van der Waals surface area (Å²) in [6.07, 6.45) is 4.17. The molecule has 0 spiro atoms. The van der Waals surface area contributed by atoms with Crippen LogP contribution in [-0.4, -0.2) is 56.3 Å². The van der Waals surface area contributed by atoms with E-state index in [1.54, 1.807) is 12.1 Å². The molecule has 0 atom stereocenters. The number of benzene rings is 1. The van der Waals surface area contributed by atoms with Gasteiger partial charge >= 0.3 is 0 Å². The fourth-order valence-electron chi connectivity index (χ4n) is 3.71. The first-order chi connectivity index (χ1) is 12.1. The first kappa shape index (κ1) is 18.3. The molecule has 3 N–H and O–H groups in total. The number of anilines is 1. The highest BCUT2D eigenvalue weighted by atomic mass is 35.5. The van der Waals surface area contributed by atoms with E-state index in [4.69, 9.17) is 26.8 Å². The maximum atomic E-state index is 12.6. The van der Waals surface area contributed by atoms with E-state index in [0.29, 0.717) is 28.1 Å². The number of halogens is 1. The van der Waals surface area contributed by atoms with E-state index >= 15 is 0 Å². The fourth-order valence-corrected chi connectivity index (χ4v) is 3.87. The monoisotopic (exact) mass is 367 g/mol. The number of carbonyl (C=O) groups excluding carboxylic acids is 1. The minimum Gasteiger partial charge on any atom is -0.496 e. The van der Waals surface area contributed by atoms with Crippen LogP contribution < -0.4 is 15.8 Å². The number of amides is 1. The van der Waals surface area contributed by atoms with Crippen molar-refractivity contribution in [2.75, 3.05) is 39.1 Å². The molecule has 6 nitrogen and oxygen atoms in total. The highest BCUT2D eigenvalue weighted by Gasteiger charge is 2.28. The first-order valence-electron chi connectivity index (χ1n) is 8.84. The Kier molecular flexibility index (Phi) is 6.04. The van der Waals surface area contributed by atoms with Gasteiger partial charge in [-0.2, -0.15) is 0 Å². The van der Waals surface area contributed by atoms with Crippen LogP contribution in [0.2, 0.25) is 5.02 Å². The highest BCUT2D eigenvalue weighted by Crippen LogP contribution is 2.30. The minimum atomic E-state index is -0.159. The highest BCUT2D eigenvalue weighted by molar-refractivity contribution is 6.33. The maximum Gasteiger partial charge on any atom is 0.255 e. The summed E-state index contributed by atoms with van der Waals surface area (Å²) in [5.74, 6) is 0.287. The van der Waals surface area contributed by atoms with E-state index in [9.17, 15) is 4.79 Å². The summed E-state index contributed by atoms with van der Waals surface area (Å²) in [7, 11) is 1.52. The van der Waals surface area contributed by atoms with Crippen LogP contribution in [0, 0.1) is 0 Å². The summed E-state index contributed by atoms with van der Waals surface area (Å²) in [6.45, 7) is 3.69. The second-order valence-electron chi connectivity index (χ2n) is 6.70. The lowest BCUT2D eigenvalue weighted by Gasteiger charge is -2.38. The second-order valence-corrected chi connectivity index (χ2v) is 7.11. The largest absolute Gasteiger partial charge is 0.496 e. The number of carbonyl (C=O) groups is 1. The minimum absolute atomic E-state index is 0.159. The van der Waals surface area contributed by atoms with E-state index in [0.717, 1.165) is 52.0 Å². The van der Waals surface area contributed by atoms with Gasteiger partial charge in [-0.05, 0) is 31.7 Å². The van der Waals surface area contributed by atoms with Gasteiger partial charge in [0.15, 0.2) is 0 Å². The van der Waals surface area contributed by atoms with Crippen LogP contribution in [0.4, 0.5) is 5.69 Å². The molecule has 138 valence electrons. The molecule has 0 radical (unpaired) electrons. The molecule has 2 fully saturated rings. The van der Waals surface area contributed by atoms with Gasteiger partial charge in [0.1, 0.15) is 5.75 Å². The molecule has 3 rings (SSSR count). The smallest absolute Gasteiger partial charge is 0.255 e. The van der Waals surface area contributed by atoms with Crippen molar-refractivity contribution >= 4 is 23.2 Å². The SMILES string of the molecule is COc1cc(N)c(Cl)cc1C(=O)N[C@H]1CC[C@H](N2CCOCC2)CC1. The van der Waals surface area contributed by atoms with Crippen molar-refractivity contribution in [1.82, 2.24) is 10.2 Å². The molecule has 1 aromatic rings. The quantitative estimate of drug-likeness (QED) is 0.798. The van der Waals surface area contributed by atoms with Gasteiger partial charge in [-0.3, -0.25) is 9.69 Å². The number of methoxy groups -OCH3 is 1. The predicted molar refractivity (Wildman–Crippen MR) is 98.3 cm³/mol. The zero-order valence-electron chi connectivity index (χ0n) is 14.6. The number of nitrogen functional groups attached to an aromatic ring is 1. The first-order valence-corrected chi connectivity index (χ1v) is 9.22. The maximum absolute atomic E-state index is 12.6. The van der Waals surface area contributed by atoms with Crippen LogP contribution in [0.15, 0.2) is 12.1 Å². The molecule has 0 unspecified atom stereocenters. The molecule has 1 aliphatic heterocycles. The molecule has 7 heteroatoms. The molecule has 0 bridgehead atoms. The summed E-state index contributed by atoms with van der Waals surface area (Å²) >= 11 is 6.06. The molecular formula is C18H26ClN3O3. The average molecular weight is 368 g/mol. The van der Waals surface area contributed by atoms with Gasteiger partial charge in [-0.25, -0.2) is 0 Å². The van der Waals surface area contributed by atoms with Crippen LogP contribution in [-0.2, 0) is 4.74 Å². The van der Waals surface area contributed by atoms with Crippen LogP contribution in [0.25, 0.3) is 0 Å². The molecule has 0 aromatic heterocycles.